The molecule has 0 bridgehead atoms. The summed E-state index contributed by atoms with van der Waals surface area (Å²) in [5.41, 5.74) is 1.66. The number of rotatable bonds is 2. The highest BCUT2D eigenvalue weighted by molar-refractivity contribution is 14.1. The first-order valence-electron chi connectivity index (χ1n) is 5.92. The second-order valence-corrected chi connectivity index (χ2v) is 5.36. The molecule has 20 heavy (non-hydrogen) atoms. The predicted octanol–water partition coefficient (Wildman–Crippen LogP) is 3.25. The Labute approximate surface area is 128 Å². The number of aromatic nitrogens is 2. The number of methoxy groups -OCH3 is 1. The summed E-state index contributed by atoms with van der Waals surface area (Å²) in [4.78, 5) is 18.6. The van der Waals surface area contributed by atoms with Gasteiger partial charge in [-0.25, -0.2) is 0 Å². The molecule has 102 valence electrons. The van der Waals surface area contributed by atoms with E-state index in [-0.39, 0.29) is 5.97 Å². The van der Waals surface area contributed by atoms with Crippen molar-refractivity contribution < 1.29 is 14.3 Å². The first-order valence-corrected chi connectivity index (χ1v) is 7.00. The molecule has 2 aromatic heterocycles. The molecule has 0 radical (unpaired) electrons. The van der Waals surface area contributed by atoms with E-state index in [9.17, 15) is 4.79 Å². The number of carbonyl (C=O) groups excluding carboxylic acids is 1. The molecular formula is C14H11IN2O3. The van der Waals surface area contributed by atoms with Crippen molar-refractivity contribution in [1.82, 2.24) is 9.97 Å². The van der Waals surface area contributed by atoms with E-state index >= 15 is 0 Å². The molecule has 0 amide bonds. The van der Waals surface area contributed by atoms with Crippen LogP contribution in [0.5, 0.6) is 11.5 Å². The van der Waals surface area contributed by atoms with Crippen LogP contribution in [0.1, 0.15) is 6.92 Å². The molecule has 6 heteroatoms. The minimum Gasteiger partial charge on any atom is -0.495 e. The van der Waals surface area contributed by atoms with Gasteiger partial charge in [-0.15, -0.1) is 0 Å². The average Bonchev–Trinajstić information content (AvgIpc) is 2.81. The molecule has 3 aromatic rings. The van der Waals surface area contributed by atoms with Gasteiger partial charge >= 0.3 is 5.97 Å². The van der Waals surface area contributed by atoms with Crippen molar-refractivity contribution in [3.8, 4) is 11.5 Å². The lowest BCUT2D eigenvalue weighted by Crippen LogP contribution is -2.02. The van der Waals surface area contributed by atoms with Crippen molar-refractivity contribution in [1.29, 1.82) is 0 Å². The van der Waals surface area contributed by atoms with Crippen LogP contribution >= 0.6 is 22.6 Å². The number of carbonyl (C=O) groups is 1. The fraction of sp³-hybridized carbons (Fsp3) is 0.143. The van der Waals surface area contributed by atoms with Crippen molar-refractivity contribution in [2.45, 2.75) is 6.92 Å². The predicted molar refractivity (Wildman–Crippen MR) is 84.2 cm³/mol. The Morgan fingerprint density at radius 1 is 1.40 bits per heavy atom. The van der Waals surface area contributed by atoms with Crippen molar-refractivity contribution in [2.24, 2.45) is 0 Å². The number of benzene rings is 1. The molecule has 1 aromatic carbocycles. The van der Waals surface area contributed by atoms with E-state index in [1.165, 1.54) is 6.92 Å². The van der Waals surface area contributed by atoms with Crippen molar-refractivity contribution in [3.05, 3.63) is 28.1 Å². The van der Waals surface area contributed by atoms with Gasteiger partial charge in [0.2, 0.25) is 0 Å². The molecule has 0 aliphatic rings. The Bertz CT molecular complexity index is 826. The average molecular weight is 382 g/mol. The maximum absolute atomic E-state index is 11.3. The number of esters is 1. The molecule has 0 unspecified atom stereocenters. The molecule has 0 aliphatic carbocycles. The van der Waals surface area contributed by atoms with E-state index in [0.29, 0.717) is 11.5 Å². The number of hydrogen-bond acceptors (Lipinski definition) is 4. The monoisotopic (exact) mass is 382 g/mol. The summed E-state index contributed by atoms with van der Waals surface area (Å²) in [5, 5.41) is 1.99. The lowest BCUT2D eigenvalue weighted by molar-refractivity contribution is -0.131. The van der Waals surface area contributed by atoms with Crippen molar-refractivity contribution in [2.75, 3.05) is 7.11 Å². The highest BCUT2D eigenvalue weighted by Gasteiger charge is 2.17. The fourth-order valence-corrected chi connectivity index (χ4v) is 3.15. The number of ether oxygens (including phenoxy) is 2. The van der Waals surface area contributed by atoms with Gasteiger partial charge in [-0.1, -0.05) is 0 Å². The minimum absolute atomic E-state index is 0.369. The summed E-state index contributed by atoms with van der Waals surface area (Å²) in [6.45, 7) is 1.38. The van der Waals surface area contributed by atoms with Gasteiger partial charge in [0.25, 0.3) is 0 Å². The smallest absolute Gasteiger partial charge is 0.308 e. The zero-order valence-corrected chi connectivity index (χ0v) is 13.0. The van der Waals surface area contributed by atoms with Gasteiger partial charge in [-0.05, 0) is 28.7 Å². The van der Waals surface area contributed by atoms with Crippen molar-refractivity contribution >= 4 is 50.4 Å². The first-order chi connectivity index (χ1) is 9.61. The van der Waals surface area contributed by atoms with Crippen LogP contribution in [0, 0.1) is 3.57 Å². The number of fused-ring (bicyclic) bond motifs is 3. The van der Waals surface area contributed by atoms with Crippen molar-refractivity contribution in [3.63, 3.8) is 0 Å². The number of aromatic amines is 1. The quantitative estimate of drug-likeness (QED) is 0.420. The number of pyridine rings is 1. The van der Waals surface area contributed by atoms with E-state index in [1.807, 2.05) is 6.07 Å². The standard InChI is InChI=1S/C14H11IN2O3/c1-7(18)20-11-5-10(19-2)13(15)12-8-3-4-16-6-9(8)17-14(11)12/h3-6,17H,1-2H3. The Morgan fingerprint density at radius 2 is 2.20 bits per heavy atom. The van der Waals surface area contributed by atoms with Gasteiger partial charge in [0.15, 0.2) is 5.75 Å². The Morgan fingerprint density at radius 3 is 2.90 bits per heavy atom. The van der Waals surface area contributed by atoms with E-state index in [1.54, 1.807) is 25.6 Å². The van der Waals surface area contributed by atoms with Crippen LogP contribution in [0.15, 0.2) is 24.5 Å². The second-order valence-electron chi connectivity index (χ2n) is 4.28. The molecule has 0 saturated carbocycles. The number of halogens is 1. The summed E-state index contributed by atoms with van der Waals surface area (Å²) < 4.78 is 11.6. The zero-order valence-electron chi connectivity index (χ0n) is 10.9. The van der Waals surface area contributed by atoms with E-state index in [0.717, 1.165) is 25.4 Å². The zero-order chi connectivity index (χ0) is 14.3. The molecular weight excluding hydrogens is 371 g/mol. The van der Waals surface area contributed by atoms with Crippen LogP contribution in [0.2, 0.25) is 0 Å². The molecule has 1 N–H and O–H groups in total. The van der Waals surface area contributed by atoms with Crippen LogP contribution < -0.4 is 9.47 Å². The topological polar surface area (TPSA) is 64.2 Å². The van der Waals surface area contributed by atoms with Crippen LogP contribution in [0.25, 0.3) is 21.8 Å². The fourth-order valence-electron chi connectivity index (χ4n) is 2.22. The number of H-pyrrole nitrogens is 1. The molecule has 0 spiro atoms. The highest BCUT2D eigenvalue weighted by Crippen LogP contribution is 2.40. The Kier molecular flexibility index (Phi) is 3.25. The first kappa shape index (κ1) is 13.2. The molecule has 3 rings (SSSR count). The molecule has 2 heterocycles. The number of hydrogen-bond donors (Lipinski definition) is 1. The Hall–Kier alpha value is -1.83. The molecule has 5 nitrogen and oxygen atoms in total. The molecule has 0 atom stereocenters. The SMILES string of the molecule is COc1cc(OC(C)=O)c2[nH]c3cnccc3c2c1I. The molecule has 0 aliphatic heterocycles. The maximum atomic E-state index is 11.3. The molecule has 0 fully saturated rings. The summed E-state index contributed by atoms with van der Waals surface area (Å²) in [5.74, 6) is 0.763. The van der Waals surface area contributed by atoms with Crippen LogP contribution in [-0.4, -0.2) is 23.0 Å². The summed E-state index contributed by atoms with van der Waals surface area (Å²) in [7, 11) is 1.59. The van der Waals surface area contributed by atoms with Crippen LogP contribution in [0.4, 0.5) is 0 Å². The van der Waals surface area contributed by atoms with E-state index in [2.05, 4.69) is 32.6 Å². The van der Waals surface area contributed by atoms with Gasteiger partial charge in [0.1, 0.15) is 5.75 Å². The van der Waals surface area contributed by atoms with Gasteiger partial charge in [0, 0.05) is 30.0 Å². The summed E-state index contributed by atoms with van der Waals surface area (Å²) in [6, 6.07) is 3.64. The number of nitrogens with one attached hydrogen (secondary N) is 1. The third-order valence-corrected chi connectivity index (χ3v) is 4.09. The highest BCUT2D eigenvalue weighted by atomic mass is 127. The second kappa shape index (κ2) is 4.93. The van der Waals surface area contributed by atoms with Crippen LogP contribution in [-0.2, 0) is 4.79 Å². The minimum atomic E-state index is -0.369. The Balaban J connectivity index is 2.44. The van der Waals surface area contributed by atoms with Gasteiger partial charge in [-0.2, -0.15) is 0 Å². The van der Waals surface area contributed by atoms with E-state index < -0.39 is 0 Å². The molecule has 0 saturated heterocycles. The lowest BCUT2D eigenvalue weighted by atomic mass is 10.1. The van der Waals surface area contributed by atoms with Gasteiger partial charge < -0.3 is 14.5 Å². The third kappa shape index (κ3) is 2.00. The third-order valence-electron chi connectivity index (χ3n) is 3.02. The van der Waals surface area contributed by atoms with Gasteiger partial charge in [0.05, 0.1) is 27.9 Å². The lowest BCUT2D eigenvalue weighted by Gasteiger charge is -2.09. The normalized spacial score (nSPS) is 10.9. The van der Waals surface area contributed by atoms with Gasteiger partial charge in [-0.3, -0.25) is 9.78 Å². The largest absolute Gasteiger partial charge is 0.495 e. The number of nitrogens with zero attached hydrogens (tertiary/aromatic N) is 1. The maximum Gasteiger partial charge on any atom is 0.308 e. The van der Waals surface area contributed by atoms with Crippen LogP contribution in [0.3, 0.4) is 0 Å². The summed E-state index contributed by atoms with van der Waals surface area (Å²) >= 11 is 2.23. The summed E-state index contributed by atoms with van der Waals surface area (Å²) in [6.07, 6.45) is 3.48. The van der Waals surface area contributed by atoms with E-state index in [4.69, 9.17) is 9.47 Å².